The maximum Gasteiger partial charge on any atom is 0.280 e. The van der Waals surface area contributed by atoms with Gasteiger partial charge in [0.25, 0.3) is 10.2 Å². The van der Waals surface area contributed by atoms with E-state index in [2.05, 4.69) is 23.7 Å². The van der Waals surface area contributed by atoms with E-state index in [1.807, 2.05) is 0 Å². The van der Waals surface area contributed by atoms with E-state index >= 15 is 0 Å². The number of nitrogens with zero attached hydrogens (tertiary/aromatic N) is 3. The van der Waals surface area contributed by atoms with Crippen LogP contribution in [0.4, 0.5) is 4.39 Å². The molecule has 0 radical (unpaired) electrons. The molecule has 6 nitrogen and oxygen atoms in total. The molecule has 1 aliphatic carbocycles. The van der Waals surface area contributed by atoms with Crippen LogP contribution in [-0.2, 0) is 16.6 Å². The van der Waals surface area contributed by atoms with Crippen LogP contribution in [-0.4, -0.2) is 35.6 Å². The third-order valence-corrected chi connectivity index (χ3v) is 7.07. The highest BCUT2D eigenvalue weighted by atomic mass is 32.2. The standard InChI is InChI=1S/C19H25FN4O2S/c1-19(2)11-17(22-27(25,26)23-9-3-4-10-23)16-13-21-24(18(16)12-19)15-7-5-14(20)6-8-15/h5-8,13,17,22H,3-4,9-12H2,1-2H3/t17-/m1/s1. The van der Waals surface area contributed by atoms with Gasteiger partial charge in [-0.15, -0.1) is 0 Å². The molecule has 4 rings (SSSR count). The highest BCUT2D eigenvalue weighted by molar-refractivity contribution is 7.87. The highest BCUT2D eigenvalue weighted by Gasteiger charge is 2.38. The summed E-state index contributed by atoms with van der Waals surface area (Å²) in [6, 6.07) is 5.88. The zero-order valence-electron chi connectivity index (χ0n) is 15.7. The Labute approximate surface area is 159 Å². The molecule has 0 saturated carbocycles. The molecule has 1 atom stereocenters. The highest BCUT2D eigenvalue weighted by Crippen LogP contribution is 2.41. The molecule has 0 bridgehead atoms. The maximum absolute atomic E-state index is 13.3. The van der Waals surface area contributed by atoms with Crippen molar-refractivity contribution in [2.24, 2.45) is 5.41 Å². The second-order valence-corrected chi connectivity index (χ2v) is 9.96. The van der Waals surface area contributed by atoms with Gasteiger partial charge in [0.2, 0.25) is 0 Å². The number of halogens is 1. The number of rotatable bonds is 4. The third-order valence-electron chi connectivity index (χ3n) is 5.45. The largest absolute Gasteiger partial charge is 0.280 e. The van der Waals surface area contributed by atoms with Gasteiger partial charge >= 0.3 is 0 Å². The predicted octanol–water partition coefficient (Wildman–Crippen LogP) is 2.96. The first-order valence-electron chi connectivity index (χ1n) is 9.35. The molecule has 1 aromatic carbocycles. The molecule has 0 spiro atoms. The first-order valence-corrected chi connectivity index (χ1v) is 10.8. The Morgan fingerprint density at radius 1 is 1.19 bits per heavy atom. The van der Waals surface area contributed by atoms with Crippen molar-refractivity contribution < 1.29 is 12.8 Å². The lowest BCUT2D eigenvalue weighted by Gasteiger charge is -2.36. The summed E-state index contributed by atoms with van der Waals surface area (Å²) < 4.78 is 45.1. The topological polar surface area (TPSA) is 67.2 Å². The summed E-state index contributed by atoms with van der Waals surface area (Å²) in [5, 5.41) is 4.49. The van der Waals surface area contributed by atoms with Gasteiger partial charge in [0.15, 0.2) is 0 Å². The summed E-state index contributed by atoms with van der Waals surface area (Å²) in [6.07, 6.45) is 5.05. The Morgan fingerprint density at radius 3 is 2.52 bits per heavy atom. The van der Waals surface area contributed by atoms with Gasteiger partial charge in [-0.3, -0.25) is 0 Å². The quantitative estimate of drug-likeness (QED) is 0.870. The fourth-order valence-electron chi connectivity index (χ4n) is 4.14. The number of hydrogen-bond acceptors (Lipinski definition) is 3. The lowest BCUT2D eigenvalue weighted by molar-refractivity contribution is 0.266. The van der Waals surface area contributed by atoms with E-state index in [4.69, 9.17) is 0 Å². The number of aromatic nitrogens is 2. The molecule has 8 heteroatoms. The Hall–Kier alpha value is -1.77. The minimum absolute atomic E-state index is 0.0803. The van der Waals surface area contributed by atoms with Gasteiger partial charge in [-0.05, 0) is 55.4 Å². The number of nitrogens with one attached hydrogen (secondary N) is 1. The van der Waals surface area contributed by atoms with Crippen LogP contribution in [0.15, 0.2) is 30.5 Å². The molecule has 146 valence electrons. The van der Waals surface area contributed by atoms with Crippen LogP contribution in [0, 0.1) is 11.2 Å². The van der Waals surface area contributed by atoms with Crippen molar-refractivity contribution in [3.8, 4) is 5.69 Å². The summed E-state index contributed by atoms with van der Waals surface area (Å²) in [7, 11) is -3.52. The number of fused-ring (bicyclic) bond motifs is 1. The van der Waals surface area contributed by atoms with Gasteiger partial charge in [-0.1, -0.05) is 13.8 Å². The number of benzene rings is 1. The average Bonchev–Trinajstić information content (AvgIpc) is 3.24. The smallest absolute Gasteiger partial charge is 0.237 e. The molecule has 1 saturated heterocycles. The van der Waals surface area contributed by atoms with Crippen LogP contribution in [0.2, 0.25) is 0 Å². The molecule has 1 fully saturated rings. The SMILES string of the molecule is CC1(C)Cc2c(cnn2-c2ccc(F)cc2)[C@H](NS(=O)(=O)N2CCCC2)C1. The average molecular weight is 393 g/mol. The summed E-state index contributed by atoms with van der Waals surface area (Å²) in [4.78, 5) is 0. The normalized spacial score (nSPS) is 22.7. The second-order valence-electron chi connectivity index (χ2n) is 8.26. The number of hydrogen-bond donors (Lipinski definition) is 1. The summed E-state index contributed by atoms with van der Waals surface area (Å²) in [5.74, 6) is -0.295. The molecule has 2 aromatic rings. The van der Waals surface area contributed by atoms with Crippen LogP contribution >= 0.6 is 0 Å². The van der Waals surface area contributed by atoms with Gasteiger partial charge in [0.1, 0.15) is 5.82 Å². The Kier molecular flexibility index (Phi) is 4.60. The van der Waals surface area contributed by atoms with Crippen LogP contribution < -0.4 is 4.72 Å². The Morgan fingerprint density at radius 2 is 1.85 bits per heavy atom. The second kappa shape index (κ2) is 6.68. The molecule has 1 aliphatic heterocycles. The molecule has 2 aliphatic rings. The first kappa shape index (κ1) is 18.6. The van der Waals surface area contributed by atoms with E-state index in [-0.39, 0.29) is 17.3 Å². The van der Waals surface area contributed by atoms with Crippen molar-refractivity contribution >= 4 is 10.2 Å². The van der Waals surface area contributed by atoms with E-state index in [9.17, 15) is 12.8 Å². The molecule has 2 heterocycles. The molecule has 0 unspecified atom stereocenters. The molecule has 1 N–H and O–H groups in total. The van der Waals surface area contributed by atoms with E-state index < -0.39 is 10.2 Å². The van der Waals surface area contributed by atoms with Crippen molar-refractivity contribution in [3.05, 3.63) is 47.5 Å². The van der Waals surface area contributed by atoms with Crippen LogP contribution in [0.25, 0.3) is 5.69 Å². The van der Waals surface area contributed by atoms with Crippen molar-refractivity contribution in [3.63, 3.8) is 0 Å². The predicted molar refractivity (Wildman–Crippen MR) is 101 cm³/mol. The van der Waals surface area contributed by atoms with Gasteiger partial charge in [-0.25, -0.2) is 9.07 Å². The van der Waals surface area contributed by atoms with E-state index in [0.29, 0.717) is 19.5 Å². The monoisotopic (exact) mass is 392 g/mol. The van der Waals surface area contributed by atoms with Crippen molar-refractivity contribution in [1.82, 2.24) is 18.8 Å². The molecule has 0 amide bonds. The van der Waals surface area contributed by atoms with E-state index in [1.165, 1.54) is 16.4 Å². The Bertz CT molecular complexity index is 931. The van der Waals surface area contributed by atoms with E-state index in [0.717, 1.165) is 36.2 Å². The summed E-state index contributed by atoms with van der Waals surface area (Å²) >= 11 is 0. The lowest BCUT2D eigenvalue weighted by atomic mass is 9.74. The molecular weight excluding hydrogens is 367 g/mol. The zero-order valence-corrected chi connectivity index (χ0v) is 16.5. The lowest BCUT2D eigenvalue weighted by Crippen LogP contribution is -2.43. The van der Waals surface area contributed by atoms with E-state index in [1.54, 1.807) is 23.0 Å². The van der Waals surface area contributed by atoms with Crippen molar-refractivity contribution in [1.29, 1.82) is 0 Å². The van der Waals surface area contributed by atoms with Gasteiger partial charge in [-0.2, -0.15) is 22.5 Å². The Balaban J connectivity index is 1.69. The molecule has 1 aromatic heterocycles. The van der Waals surface area contributed by atoms with Crippen molar-refractivity contribution in [2.45, 2.75) is 45.6 Å². The first-order chi connectivity index (χ1) is 12.8. The van der Waals surface area contributed by atoms with Gasteiger partial charge in [0, 0.05) is 24.3 Å². The van der Waals surface area contributed by atoms with Gasteiger partial charge < -0.3 is 0 Å². The van der Waals surface area contributed by atoms with Crippen LogP contribution in [0.5, 0.6) is 0 Å². The fraction of sp³-hybridized carbons (Fsp3) is 0.526. The summed E-state index contributed by atoms with van der Waals surface area (Å²) in [5.41, 5.74) is 2.58. The third kappa shape index (κ3) is 3.66. The van der Waals surface area contributed by atoms with Crippen LogP contribution in [0.1, 0.15) is 50.4 Å². The van der Waals surface area contributed by atoms with Crippen LogP contribution in [0.3, 0.4) is 0 Å². The zero-order chi connectivity index (χ0) is 19.2. The molecule has 27 heavy (non-hydrogen) atoms. The fourth-order valence-corrected chi connectivity index (χ4v) is 5.59. The molecular formula is C19H25FN4O2S. The van der Waals surface area contributed by atoms with Gasteiger partial charge in [0.05, 0.1) is 17.9 Å². The minimum Gasteiger partial charge on any atom is -0.237 e. The maximum atomic E-state index is 13.3. The van der Waals surface area contributed by atoms with Crippen molar-refractivity contribution in [2.75, 3.05) is 13.1 Å². The summed E-state index contributed by atoms with van der Waals surface area (Å²) in [6.45, 7) is 5.42. The minimum atomic E-state index is -3.52.